The minimum Gasteiger partial charge on any atom is -0.462 e. The summed E-state index contributed by atoms with van der Waals surface area (Å²) < 4.78 is 68.7. The molecule has 0 spiro atoms. The molecule has 0 saturated carbocycles. The standard InChI is InChI=1S/C80H156O17P2/c1-9-73(8)59-51-43-38-39-45-53-61-78(83)91-67-76(97-79(84)62-54-46-36-30-24-17-13-11-10-12-15-20-26-32-40-48-56-70(2)3)69-95-99(88,89)93-65-74(81)64-92-98(86,87)94-68-75(96-80(85)63-55-47-37-31-25-19-22-28-34-42-50-58-72(6)7)66-90-77(82)60-52-44-35-29-23-18-14-16-21-27-33-41-49-57-71(4)5/h70-76,81H,9-69H2,1-8H3,(H,86,87)(H,88,89)/t73?,74-,75-,76-/m1/s1. The number of rotatable bonds is 77. The van der Waals surface area contributed by atoms with Gasteiger partial charge in [0.05, 0.1) is 26.4 Å². The maximum absolute atomic E-state index is 13.1. The molecule has 588 valence electrons. The van der Waals surface area contributed by atoms with Crippen molar-refractivity contribution in [1.82, 2.24) is 0 Å². The van der Waals surface area contributed by atoms with Gasteiger partial charge in [0, 0.05) is 25.7 Å². The number of hydrogen-bond donors (Lipinski definition) is 3. The van der Waals surface area contributed by atoms with Crippen molar-refractivity contribution < 1.29 is 80.2 Å². The van der Waals surface area contributed by atoms with E-state index in [1.54, 1.807) is 0 Å². The molecule has 0 fully saturated rings. The molecule has 0 saturated heterocycles. The van der Waals surface area contributed by atoms with Crippen LogP contribution < -0.4 is 0 Å². The van der Waals surface area contributed by atoms with Gasteiger partial charge in [-0.2, -0.15) is 0 Å². The van der Waals surface area contributed by atoms with Crippen LogP contribution in [0.5, 0.6) is 0 Å². The van der Waals surface area contributed by atoms with Crippen molar-refractivity contribution in [2.24, 2.45) is 23.7 Å². The lowest BCUT2D eigenvalue weighted by Crippen LogP contribution is -2.30. The number of carbonyl (C=O) groups is 4. The quantitative estimate of drug-likeness (QED) is 0.0222. The fourth-order valence-corrected chi connectivity index (χ4v) is 13.8. The van der Waals surface area contributed by atoms with E-state index in [-0.39, 0.29) is 25.7 Å². The molecule has 0 heterocycles. The van der Waals surface area contributed by atoms with Crippen LogP contribution in [0.2, 0.25) is 0 Å². The number of hydrogen-bond acceptors (Lipinski definition) is 15. The molecule has 19 heteroatoms. The second-order valence-electron chi connectivity index (χ2n) is 30.5. The highest BCUT2D eigenvalue weighted by molar-refractivity contribution is 7.47. The van der Waals surface area contributed by atoms with Crippen LogP contribution in [-0.4, -0.2) is 96.7 Å². The molecular weight excluding hydrogens is 1290 g/mol. The Hall–Kier alpha value is -1.94. The van der Waals surface area contributed by atoms with E-state index in [0.717, 1.165) is 120 Å². The molecule has 0 bridgehead atoms. The van der Waals surface area contributed by atoms with Gasteiger partial charge in [0.2, 0.25) is 0 Å². The van der Waals surface area contributed by atoms with Crippen molar-refractivity contribution in [2.45, 2.75) is 427 Å². The smallest absolute Gasteiger partial charge is 0.462 e. The Bertz CT molecular complexity index is 1940. The third kappa shape index (κ3) is 72.8. The third-order valence-corrected chi connectivity index (χ3v) is 20.8. The summed E-state index contributed by atoms with van der Waals surface area (Å²) in [6.07, 6.45) is 55.5. The van der Waals surface area contributed by atoms with Gasteiger partial charge in [-0.05, 0) is 49.4 Å². The molecule has 0 aliphatic heterocycles. The Morgan fingerprint density at radius 2 is 0.485 bits per heavy atom. The molecule has 0 rings (SSSR count). The van der Waals surface area contributed by atoms with Crippen molar-refractivity contribution >= 4 is 39.5 Å². The largest absolute Gasteiger partial charge is 0.472 e. The molecule has 3 N–H and O–H groups in total. The molecule has 0 aromatic carbocycles. The maximum Gasteiger partial charge on any atom is 0.472 e. The molecule has 99 heavy (non-hydrogen) atoms. The molecule has 3 unspecified atom stereocenters. The number of phosphoric ester groups is 2. The summed E-state index contributed by atoms with van der Waals surface area (Å²) in [6.45, 7) is 14.2. The Morgan fingerprint density at radius 1 is 0.283 bits per heavy atom. The van der Waals surface area contributed by atoms with Crippen LogP contribution in [0.25, 0.3) is 0 Å². The highest BCUT2D eigenvalue weighted by atomic mass is 31.2. The monoisotopic (exact) mass is 1450 g/mol. The van der Waals surface area contributed by atoms with Gasteiger partial charge in [-0.3, -0.25) is 37.3 Å². The van der Waals surface area contributed by atoms with Gasteiger partial charge in [0.25, 0.3) is 0 Å². The fourth-order valence-electron chi connectivity index (χ4n) is 12.2. The van der Waals surface area contributed by atoms with Crippen LogP contribution in [-0.2, 0) is 65.4 Å². The van der Waals surface area contributed by atoms with Crippen LogP contribution >= 0.6 is 15.6 Å². The Labute approximate surface area is 607 Å². The lowest BCUT2D eigenvalue weighted by Gasteiger charge is -2.21. The number of aliphatic hydroxyl groups is 1. The predicted octanol–water partition coefficient (Wildman–Crippen LogP) is 23.6. The topological polar surface area (TPSA) is 237 Å². The summed E-state index contributed by atoms with van der Waals surface area (Å²) in [5.41, 5.74) is 0. The van der Waals surface area contributed by atoms with Crippen LogP contribution in [0, 0.1) is 23.7 Å². The van der Waals surface area contributed by atoms with Crippen LogP contribution in [0.3, 0.4) is 0 Å². The first-order valence-corrected chi connectivity index (χ1v) is 44.2. The normalized spacial score (nSPS) is 14.3. The van der Waals surface area contributed by atoms with Crippen molar-refractivity contribution in [3.8, 4) is 0 Å². The van der Waals surface area contributed by atoms with Crippen molar-refractivity contribution in [3.05, 3.63) is 0 Å². The Kier molecular flexibility index (Phi) is 67.8. The second kappa shape index (κ2) is 69.1. The first-order chi connectivity index (χ1) is 47.6. The van der Waals surface area contributed by atoms with E-state index in [1.807, 2.05) is 0 Å². The summed E-state index contributed by atoms with van der Waals surface area (Å²) in [6, 6.07) is 0. The van der Waals surface area contributed by atoms with Crippen molar-refractivity contribution in [2.75, 3.05) is 39.6 Å². The zero-order valence-corrected chi connectivity index (χ0v) is 66.9. The molecule has 6 atom stereocenters. The fraction of sp³-hybridized carbons (Fsp3) is 0.950. The zero-order valence-electron chi connectivity index (χ0n) is 65.1. The molecule has 0 aliphatic rings. The number of phosphoric acid groups is 2. The van der Waals surface area contributed by atoms with E-state index in [2.05, 4.69) is 55.4 Å². The Morgan fingerprint density at radius 3 is 0.717 bits per heavy atom. The number of unbranched alkanes of at least 4 members (excludes halogenated alkanes) is 42. The average molecular weight is 1450 g/mol. The van der Waals surface area contributed by atoms with E-state index < -0.39 is 97.5 Å². The average Bonchev–Trinajstić information content (AvgIpc) is 0.966. The molecule has 17 nitrogen and oxygen atoms in total. The van der Waals surface area contributed by atoms with Crippen LogP contribution in [0.4, 0.5) is 0 Å². The molecule has 0 aromatic rings. The van der Waals surface area contributed by atoms with E-state index >= 15 is 0 Å². The van der Waals surface area contributed by atoms with Gasteiger partial charge in [0.15, 0.2) is 12.2 Å². The summed E-state index contributed by atoms with van der Waals surface area (Å²) in [7, 11) is -9.92. The first kappa shape index (κ1) is 97.1. The van der Waals surface area contributed by atoms with E-state index in [1.165, 1.54) is 205 Å². The number of ether oxygens (including phenoxy) is 4. The van der Waals surface area contributed by atoms with Gasteiger partial charge in [0.1, 0.15) is 19.3 Å². The molecule has 0 aromatic heterocycles. The van der Waals surface area contributed by atoms with E-state index in [9.17, 15) is 43.2 Å². The lowest BCUT2D eigenvalue weighted by atomic mass is 10.00. The van der Waals surface area contributed by atoms with E-state index in [4.69, 9.17) is 37.0 Å². The number of carbonyl (C=O) groups excluding carboxylic acids is 4. The summed E-state index contributed by atoms with van der Waals surface area (Å²) in [5.74, 6) is 0.980. The van der Waals surface area contributed by atoms with Crippen LogP contribution in [0.1, 0.15) is 409 Å². The zero-order chi connectivity index (χ0) is 73.1. The summed E-state index contributed by atoms with van der Waals surface area (Å²) >= 11 is 0. The number of esters is 4. The van der Waals surface area contributed by atoms with Gasteiger partial charge in [-0.15, -0.1) is 0 Å². The first-order valence-electron chi connectivity index (χ1n) is 41.2. The van der Waals surface area contributed by atoms with E-state index in [0.29, 0.717) is 25.7 Å². The van der Waals surface area contributed by atoms with Crippen LogP contribution in [0.15, 0.2) is 0 Å². The maximum atomic E-state index is 13.1. The number of aliphatic hydroxyl groups excluding tert-OH is 1. The summed E-state index contributed by atoms with van der Waals surface area (Å²) in [5, 5.41) is 10.6. The highest BCUT2D eigenvalue weighted by Crippen LogP contribution is 2.45. The van der Waals surface area contributed by atoms with Crippen molar-refractivity contribution in [1.29, 1.82) is 0 Å². The molecule has 0 aliphatic carbocycles. The predicted molar refractivity (Wildman–Crippen MR) is 404 cm³/mol. The second-order valence-corrected chi connectivity index (χ2v) is 33.4. The minimum absolute atomic E-state index is 0.106. The van der Waals surface area contributed by atoms with Gasteiger partial charge >= 0.3 is 39.5 Å². The molecular formula is C80H156O17P2. The third-order valence-electron chi connectivity index (χ3n) is 18.9. The van der Waals surface area contributed by atoms with Crippen molar-refractivity contribution in [3.63, 3.8) is 0 Å². The lowest BCUT2D eigenvalue weighted by molar-refractivity contribution is -0.161. The van der Waals surface area contributed by atoms with Gasteiger partial charge < -0.3 is 33.8 Å². The highest BCUT2D eigenvalue weighted by Gasteiger charge is 2.30. The Balaban J connectivity index is 5.23. The molecule has 0 amide bonds. The molecule has 0 radical (unpaired) electrons. The van der Waals surface area contributed by atoms with Gasteiger partial charge in [-0.25, -0.2) is 9.13 Å². The minimum atomic E-state index is -4.96. The SMILES string of the molecule is CCC(C)CCCCCCCCC(=O)OC[C@H](COP(=O)(O)OC[C@H](O)COP(=O)(O)OC[C@@H](COC(=O)CCCCCCCCCCCCCCCC(C)C)OC(=O)CCCCCCCCCCCCCC(C)C)OC(=O)CCCCCCCCCCCCCCCCCCC(C)C. The summed E-state index contributed by atoms with van der Waals surface area (Å²) in [4.78, 5) is 73.0. The van der Waals surface area contributed by atoms with Gasteiger partial charge in [-0.1, -0.05) is 357 Å².